The van der Waals surface area contributed by atoms with Gasteiger partial charge in [0, 0.05) is 12.0 Å². The van der Waals surface area contributed by atoms with Gasteiger partial charge in [0.05, 0.1) is 7.11 Å². The van der Waals surface area contributed by atoms with Gasteiger partial charge in [-0.1, -0.05) is 72.3 Å². The van der Waals surface area contributed by atoms with Gasteiger partial charge >= 0.3 is 5.97 Å². The van der Waals surface area contributed by atoms with Gasteiger partial charge in [0.25, 0.3) is 5.91 Å². The Hall–Kier alpha value is -4.58. The lowest BCUT2D eigenvalue weighted by atomic mass is 10.0. The highest BCUT2D eigenvalue weighted by Crippen LogP contribution is 2.17. The van der Waals surface area contributed by atoms with Crippen LogP contribution in [0.15, 0.2) is 103 Å². The fourth-order valence-electron chi connectivity index (χ4n) is 3.95. The first-order valence-corrected chi connectivity index (χ1v) is 12.4. The number of rotatable bonds is 11. The van der Waals surface area contributed by atoms with E-state index in [1.165, 1.54) is 12.7 Å². The van der Waals surface area contributed by atoms with Crippen molar-refractivity contribution < 1.29 is 23.8 Å². The molecule has 194 valence electrons. The van der Waals surface area contributed by atoms with Crippen LogP contribution in [0.3, 0.4) is 0 Å². The summed E-state index contributed by atoms with van der Waals surface area (Å²) in [6.45, 7) is 2.94. The molecule has 1 amide bonds. The second kappa shape index (κ2) is 13.1. The summed E-state index contributed by atoms with van der Waals surface area (Å²) in [5.41, 5.74) is 4.61. The van der Waals surface area contributed by atoms with Crippen LogP contribution in [-0.4, -0.2) is 25.0 Å². The number of hydrogen-bond donors (Lipinski definition) is 1. The average molecular weight is 510 g/mol. The molecule has 0 bridgehead atoms. The van der Waals surface area contributed by atoms with Crippen molar-refractivity contribution in [2.45, 2.75) is 32.6 Å². The Balaban J connectivity index is 1.32. The predicted octanol–water partition coefficient (Wildman–Crippen LogP) is 5.67. The van der Waals surface area contributed by atoms with Gasteiger partial charge in [-0.15, -0.1) is 0 Å². The molecule has 0 saturated heterocycles. The second-order valence-electron chi connectivity index (χ2n) is 8.97. The van der Waals surface area contributed by atoms with E-state index in [0.717, 1.165) is 22.4 Å². The van der Waals surface area contributed by atoms with Crippen LogP contribution < -0.4 is 14.8 Å². The topological polar surface area (TPSA) is 73.9 Å². The average Bonchev–Trinajstić information content (AvgIpc) is 2.95. The number of benzene rings is 4. The Morgan fingerprint density at radius 3 is 1.95 bits per heavy atom. The molecule has 0 fully saturated rings. The summed E-state index contributed by atoms with van der Waals surface area (Å²) in [6, 6.07) is 31.5. The van der Waals surface area contributed by atoms with E-state index < -0.39 is 12.0 Å². The second-order valence-corrected chi connectivity index (χ2v) is 8.97. The molecular weight excluding hydrogens is 478 g/mol. The zero-order valence-electron chi connectivity index (χ0n) is 21.6. The van der Waals surface area contributed by atoms with Crippen molar-refractivity contribution in [3.05, 3.63) is 131 Å². The molecule has 1 atom stereocenters. The van der Waals surface area contributed by atoms with Crippen LogP contribution in [0.5, 0.6) is 11.5 Å². The minimum atomic E-state index is -0.833. The molecular formula is C32H31NO5. The van der Waals surface area contributed by atoms with Crippen molar-refractivity contribution in [2.75, 3.05) is 7.11 Å². The molecule has 0 radical (unpaired) electrons. The third-order valence-electron chi connectivity index (χ3n) is 6.01. The molecule has 1 unspecified atom stereocenters. The van der Waals surface area contributed by atoms with E-state index in [4.69, 9.17) is 14.2 Å². The Labute approximate surface area is 223 Å². The highest BCUT2D eigenvalue weighted by molar-refractivity contribution is 5.96. The molecule has 0 saturated carbocycles. The van der Waals surface area contributed by atoms with Gasteiger partial charge in [0.1, 0.15) is 30.8 Å². The minimum Gasteiger partial charge on any atom is -0.489 e. The quantitative estimate of drug-likeness (QED) is 0.264. The summed E-state index contributed by atoms with van der Waals surface area (Å²) in [5, 5.41) is 2.79. The molecule has 4 rings (SSSR count). The number of ether oxygens (including phenoxy) is 3. The van der Waals surface area contributed by atoms with Crippen molar-refractivity contribution in [1.29, 1.82) is 0 Å². The highest BCUT2D eigenvalue weighted by Gasteiger charge is 2.22. The summed E-state index contributed by atoms with van der Waals surface area (Å²) in [7, 11) is 1.31. The monoisotopic (exact) mass is 509 g/mol. The van der Waals surface area contributed by atoms with Crippen LogP contribution in [0.25, 0.3) is 0 Å². The van der Waals surface area contributed by atoms with E-state index in [2.05, 4.69) is 11.4 Å². The Morgan fingerprint density at radius 1 is 0.711 bits per heavy atom. The van der Waals surface area contributed by atoms with Gasteiger partial charge in [-0.05, 0) is 60.0 Å². The zero-order valence-corrected chi connectivity index (χ0v) is 21.6. The Bertz CT molecular complexity index is 1330. The third kappa shape index (κ3) is 7.71. The Morgan fingerprint density at radius 2 is 1.32 bits per heavy atom. The lowest BCUT2D eigenvalue weighted by molar-refractivity contribution is -0.142. The first kappa shape index (κ1) is 26.5. The van der Waals surface area contributed by atoms with Crippen molar-refractivity contribution in [3.63, 3.8) is 0 Å². The largest absolute Gasteiger partial charge is 0.489 e. The molecule has 0 aliphatic heterocycles. The molecule has 0 heterocycles. The van der Waals surface area contributed by atoms with Crippen LogP contribution in [0.2, 0.25) is 0 Å². The highest BCUT2D eigenvalue weighted by atomic mass is 16.5. The molecule has 0 spiro atoms. The number of nitrogens with one attached hydrogen (secondary N) is 1. The first-order valence-electron chi connectivity index (χ1n) is 12.4. The van der Waals surface area contributed by atoms with E-state index in [9.17, 15) is 9.59 Å². The fourth-order valence-corrected chi connectivity index (χ4v) is 3.95. The van der Waals surface area contributed by atoms with Crippen LogP contribution >= 0.6 is 0 Å². The lowest BCUT2D eigenvalue weighted by Gasteiger charge is -2.17. The Kier molecular flexibility index (Phi) is 9.13. The van der Waals surface area contributed by atoms with Gasteiger partial charge < -0.3 is 19.5 Å². The first-order chi connectivity index (χ1) is 18.5. The smallest absolute Gasteiger partial charge is 0.328 e. The normalized spacial score (nSPS) is 11.3. The molecule has 6 heteroatoms. The van der Waals surface area contributed by atoms with E-state index >= 15 is 0 Å². The molecule has 6 nitrogen and oxygen atoms in total. The van der Waals surface area contributed by atoms with E-state index in [1.807, 2.05) is 79.7 Å². The summed E-state index contributed by atoms with van der Waals surface area (Å²) in [6.07, 6.45) is 0.287. The molecule has 4 aromatic carbocycles. The van der Waals surface area contributed by atoms with E-state index in [0.29, 0.717) is 24.5 Å². The maximum absolute atomic E-state index is 12.9. The summed E-state index contributed by atoms with van der Waals surface area (Å²) in [5.74, 6) is 0.498. The van der Waals surface area contributed by atoms with Gasteiger partial charge in [-0.2, -0.15) is 0 Å². The molecule has 38 heavy (non-hydrogen) atoms. The van der Waals surface area contributed by atoms with Crippen LogP contribution in [0.4, 0.5) is 0 Å². The number of methoxy groups -OCH3 is 1. The molecule has 0 aliphatic carbocycles. The standard InChI is InChI=1S/C32H31NO5/c1-23-7-6-10-26(19-23)22-38-29-17-13-27(14-18-29)31(34)33-30(32(35)36-2)20-24-11-15-28(16-12-24)37-21-25-8-4-3-5-9-25/h3-19,30H,20-22H2,1-2H3,(H,33,34). The summed E-state index contributed by atoms with van der Waals surface area (Å²) in [4.78, 5) is 25.3. The predicted molar refractivity (Wildman–Crippen MR) is 146 cm³/mol. The van der Waals surface area contributed by atoms with Gasteiger partial charge in [-0.3, -0.25) is 4.79 Å². The van der Waals surface area contributed by atoms with E-state index in [-0.39, 0.29) is 12.3 Å². The van der Waals surface area contributed by atoms with Crippen molar-refractivity contribution in [2.24, 2.45) is 0 Å². The summed E-state index contributed by atoms with van der Waals surface area (Å²) >= 11 is 0. The van der Waals surface area contributed by atoms with Crippen molar-refractivity contribution in [3.8, 4) is 11.5 Å². The van der Waals surface area contributed by atoms with Gasteiger partial charge in [0.15, 0.2) is 0 Å². The number of amides is 1. The zero-order chi connectivity index (χ0) is 26.7. The SMILES string of the molecule is COC(=O)C(Cc1ccc(OCc2ccccc2)cc1)NC(=O)c1ccc(OCc2cccc(C)c2)cc1. The van der Waals surface area contributed by atoms with Gasteiger partial charge in [0.2, 0.25) is 0 Å². The van der Waals surface area contributed by atoms with Crippen molar-refractivity contribution >= 4 is 11.9 Å². The van der Waals surface area contributed by atoms with Crippen LogP contribution in [0, 0.1) is 6.92 Å². The number of carbonyl (C=O) groups is 2. The van der Waals surface area contributed by atoms with Crippen molar-refractivity contribution in [1.82, 2.24) is 5.32 Å². The van der Waals surface area contributed by atoms with Crippen LogP contribution in [-0.2, 0) is 29.2 Å². The minimum absolute atomic E-state index is 0.287. The third-order valence-corrected chi connectivity index (χ3v) is 6.01. The number of aryl methyl sites for hydroxylation is 1. The maximum atomic E-state index is 12.9. The fraction of sp³-hybridized carbons (Fsp3) is 0.188. The maximum Gasteiger partial charge on any atom is 0.328 e. The molecule has 4 aromatic rings. The summed E-state index contributed by atoms with van der Waals surface area (Å²) < 4.78 is 16.6. The number of hydrogen-bond acceptors (Lipinski definition) is 5. The van der Waals surface area contributed by atoms with Gasteiger partial charge in [-0.25, -0.2) is 4.79 Å². The molecule has 1 N–H and O–H groups in total. The van der Waals surface area contributed by atoms with E-state index in [1.54, 1.807) is 24.3 Å². The number of carbonyl (C=O) groups excluding carboxylic acids is 2. The van der Waals surface area contributed by atoms with Crippen LogP contribution in [0.1, 0.15) is 32.6 Å². The number of esters is 1. The molecule has 0 aliphatic rings. The lowest BCUT2D eigenvalue weighted by Crippen LogP contribution is -2.43. The molecule has 0 aromatic heterocycles.